The number of carboxylic acids is 1. The van der Waals surface area contributed by atoms with Crippen LogP contribution in [0, 0.1) is 6.92 Å². The lowest BCUT2D eigenvalue weighted by Gasteiger charge is -2.22. The van der Waals surface area contributed by atoms with Crippen LogP contribution in [0.25, 0.3) is 11.1 Å². The first kappa shape index (κ1) is 23.4. The highest BCUT2D eigenvalue weighted by Gasteiger charge is 2.23. The van der Waals surface area contributed by atoms with Crippen molar-refractivity contribution in [3.8, 4) is 11.1 Å². The second-order valence-corrected chi connectivity index (χ2v) is 8.39. The largest absolute Gasteiger partial charge is 0.480 e. The zero-order valence-electron chi connectivity index (χ0n) is 18.6. The average Bonchev–Trinajstić information content (AvgIpc) is 2.78. The van der Waals surface area contributed by atoms with E-state index in [1.165, 1.54) is 18.9 Å². The molecule has 0 bridgehead atoms. The summed E-state index contributed by atoms with van der Waals surface area (Å²) in [5.74, 6) is -1.34. The topological polar surface area (TPSA) is 69.6 Å². The summed E-state index contributed by atoms with van der Waals surface area (Å²) in [7, 11) is 1.51. The lowest BCUT2D eigenvalue weighted by Crippen LogP contribution is -2.40. The number of rotatable bonds is 7. The maximum Gasteiger partial charge on any atom is 0.326 e. The van der Waals surface area contributed by atoms with Crippen LogP contribution in [0.4, 0.5) is 5.69 Å². The van der Waals surface area contributed by atoms with Crippen LogP contribution in [0.3, 0.4) is 0 Å². The highest BCUT2D eigenvalue weighted by molar-refractivity contribution is 6.30. The predicted molar refractivity (Wildman–Crippen MR) is 129 cm³/mol. The number of likely N-dealkylation sites (N-methyl/N-ethyl adjacent to an activating group) is 1. The molecule has 3 rings (SSSR count). The van der Waals surface area contributed by atoms with Crippen LogP contribution in [0.5, 0.6) is 0 Å². The van der Waals surface area contributed by atoms with Gasteiger partial charge in [-0.1, -0.05) is 48.0 Å². The highest BCUT2D eigenvalue weighted by Crippen LogP contribution is 2.28. The Morgan fingerprint density at radius 1 is 0.969 bits per heavy atom. The number of halogens is 1. The van der Waals surface area contributed by atoms with Gasteiger partial charge >= 0.3 is 5.97 Å². The smallest absolute Gasteiger partial charge is 0.326 e. The minimum Gasteiger partial charge on any atom is -0.480 e. The van der Waals surface area contributed by atoms with Crippen LogP contribution in [0.1, 0.15) is 41.4 Å². The maximum atomic E-state index is 12.7. The molecule has 0 radical (unpaired) electrons. The number of carboxylic acid groups (broad SMARTS) is 1. The molecule has 0 saturated carbocycles. The standard InChI is InChI=1S/C26H27ClN2O3/c1-16-14-21(10-13-24(16)25(30)29(4)18(3)26(31)32)20-6-5-7-23(15-20)28-17(2)19-8-11-22(27)12-9-19/h5-15,17-18,28H,1-4H3,(H,31,32)/t17?,18-/m0/s1. The van der Waals surface area contributed by atoms with E-state index in [2.05, 4.69) is 18.3 Å². The van der Waals surface area contributed by atoms with Crippen LogP contribution in [-0.4, -0.2) is 35.0 Å². The maximum absolute atomic E-state index is 12.7. The van der Waals surface area contributed by atoms with Gasteiger partial charge in [0.05, 0.1) is 0 Å². The molecule has 0 aromatic heterocycles. The minimum absolute atomic E-state index is 0.107. The van der Waals surface area contributed by atoms with E-state index in [4.69, 9.17) is 11.6 Å². The number of nitrogens with zero attached hydrogens (tertiary/aromatic N) is 1. The molecule has 6 heteroatoms. The number of aryl methyl sites for hydroxylation is 1. The van der Waals surface area contributed by atoms with E-state index in [0.717, 1.165) is 27.9 Å². The number of hydrogen-bond acceptors (Lipinski definition) is 3. The molecule has 5 nitrogen and oxygen atoms in total. The summed E-state index contributed by atoms with van der Waals surface area (Å²) in [6.07, 6.45) is 0. The Labute approximate surface area is 193 Å². The van der Waals surface area contributed by atoms with Crippen molar-refractivity contribution in [1.29, 1.82) is 0 Å². The van der Waals surface area contributed by atoms with Gasteiger partial charge in [0.15, 0.2) is 0 Å². The Bertz CT molecular complexity index is 1130. The van der Waals surface area contributed by atoms with Crippen LogP contribution < -0.4 is 5.32 Å². The zero-order chi connectivity index (χ0) is 23.4. The van der Waals surface area contributed by atoms with Gasteiger partial charge in [-0.2, -0.15) is 0 Å². The van der Waals surface area contributed by atoms with Gasteiger partial charge in [0.1, 0.15) is 6.04 Å². The molecule has 0 aliphatic heterocycles. The predicted octanol–water partition coefficient (Wildman–Crippen LogP) is 6.03. The van der Waals surface area contributed by atoms with Crippen molar-refractivity contribution in [2.75, 3.05) is 12.4 Å². The first-order valence-electron chi connectivity index (χ1n) is 10.4. The zero-order valence-corrected chi connectivity index (χ0v) is 19.4. The third-order valence-electron chi connectivity index (χ3n) is 5.66. The van der Waals surface area contributed by atoms with E-state index >= 15 is 0 Å². The van der Waals surface area contributed by atoms with Gasteiger partial charge in [-0.3, -0.25) is 4.79 Å². The fraction of sp³-hybridized carbons (Fsp3) is 0.231. The third-order valence-corrected chi connectivity index (χ3v) is 5.92. The van der Waals surface area contributed by atoms with Gasteiger partial charge < -0.3 is 15.3 Å². The van der Waals surface area contributed by atoms with Crippen LogP contribution in [0.15, 0.2) is 66.7 Å². The molecule has 0 heterocycles. The molecule has 2 N–H and O–H groups in total. The third kappa shape index (κ3) is 5.29. The molecule has 166 valence electrons. The molecule has 0 saturated heterocycles. The normalized spacial score (nSPS) is 12.7. The first-order valence-corrected chi connectivity index (χ1v) is 10.8. The summed E-state index contributed by atoms with van der Waals surface area (Å²) in [6.45, 7) is 5.45. The average molecular weight is 451 g/mol. The van der Waals surface area contributed by atoms with Gasteiger partial charge in [0.2, 0.25) is 0 Å². The van der Waals surface area contributed by atoms with Gasteiger partial charge in [0.25, 0.3) is 5.91 Å². The lowest BCUT2D eigenvalue weighted by atomic mass is 9.98. The van der Waals surface area contributed by atoms with Gasteiger partial charge in [-0.15, -0.1) is 0 Å². The number of aliphatic carboxylic acids is 1. The summed E-state index contributed by atoms with van der Waals surface area (Å²) in [5.41, 5.74) is 5.42. The van der Waals surface area contributed by atoms with Crippen molar-refractivity contribution < 1.29 is 14.7 Å². The van der Waals surface area contributed by atoms with Crippen LogP contribution in [-0.2, 0) is 4.79 Å². The van der Waals surface area contributed by atoms with Crippen LogP contribution >= 0.6 is 11.6 Å². The summed E-state index contributed by atoms with van der Waals surface area (Å²) in [6, 6.07) is 20.7. The Morgan fingerprint density at radius 3 is 2.25 bits per heavy atom. The van der Waals surface area contributed by atoms with E-state index in [9.17, 15) is 14.7 Å². The summed E-state index contributed by atoms with van der Waals surface area (Å²) in [5, 5.41) is 13.4. The number of amides is 1. The molecular weight excluding hydrogens is 424 g/mol. The lowest BCUT2D eigenvalue weighted by molar-refractivity contribution is -0.141. The summed E-state index contributed by atoms with van der Waals surface area (Å²) >= 11 is 5.98. The van der Waals surface area contributed by atoms with Crippen molar-refractivity contribution in [3.05, 3.63) is 88.4 Å². The van der Waals surface area contributed by atoms with E-state index in [0.29, 0.717) is 10.6 Å². The molecule has 1 amide bonds. The fourth-order valence-corrected chi connectivity index (χ4v) is 3.61. The molecule has 0 fully saturated rings. The van der Waals surface area contributed by atoms with E-state index in [-0.39, 0.29) is 11.9 Å². The Kier molecular flexibility index (Phi) is 7.21. The molecule has 3 aromatic carbocycles. The number of anilines is 1. The molecule has 0 spiro atoms. The number of carbonyl (C=O) groups is 2. The van der Waals surface area contributed by atoms with Crippen molar-refractivity contribution >= 4 is 29.2 Å². The second kappa shape index (κ2) is 9.88. The van der Waals surface area contributed by atoms with Crippen molar-refractivity contribution in [1.82, 2.24) is 4.90 Å². The quantitative estimate of drug-likeness (QED) is 0.460. The first-order chi connectivity index (χ1) is 15.2. The summed E-state index contributed by atoms with van der Waals surface area (Å²) < 4.78 is 0. The summed E-state index contributed by atoms with van der Waals surface area (Å²) in [4.78, 5) is 25.2. The number of benzene rings is 3. The van der Waals surface area contributed by atoms with Gasteiger partial charge in [-0.05, 0) is 73.4 Å². The highest BCUT2D eigenvalue weighted by atomic mass is 35.5. The fourth-order valence-electron chi connectivity index (χ4n) is 3.49. The second-order valence-electron chi connectivity index (χ2n) is 7.96. The van der Waals surface area contributed by atoms with Crippen molar-refractivity contribution in [2.24, 2.45) is 0 Å². The molecule has 0 aliphatic carbocycles. The Morgan fingerprint density at radius 2 is 1.62 bits per heavy atom. The van der Waals surface area contributed by atoms with E-state index in [1.54, 1.807) is 6.07 Å². The number of hydrogen-bond donors (Lipinski definition) is 2. The molecular formula is C26H27ClN2O3. The van der Waals surface area contributed by atoms with Crippen molar-refractivity contribution in [2.45, 2.75) is 32.9 Å². The monoisotopic (exact) mass is 450 g/mol. The van der Waals surface area contributed by atoms with E-state index < -0.39 is 12.0 Å². The van der Waals surface area contributed by atoms with Crippen LogP contribution in [0.2, 0.25) is 5.02 Å². The van der Waals surface area contributed by atoms with Gasteiger partial charge in [0, 0.05) is 29.4 Å². The van der Waals surface area contributed by atoms with Crippen molar-refractivity contribution in [3.63, 3.8) is 0 Å². The number of carbonyl (C=O) groups excluding carboxylic acids is 1. The molecule has 2 atom stereocenters. The SMILES string of the molecule is Cc1cc(-c2cccc(NC(C)c3ccc(Cl)cc3)c2)ccc1C(=O)N(C)[C@@H](C)C(=O)O. The van der Waals surface area contributed by atoms with Gasteiger partial charge in [-0.25, -0.2) is 4.79 Å². The number of nitrogens with one attached hydrogen (secondary N) is 1. The molecule has 32 heavy (non-hydrogen) atoms. The van der Waals surface area contributed by atoms with E-state index in [1.807, 2.05) is 61.5 Å². The Hall–Kier alpha value is -3.31. The minimum atomic E-state index is -1.03. The molecule has 0 aliphatic rings. The Balaban J connectivity index is 1.80. The molecule has 1 unspecified atom stereocenters. The molecule has 3 aromatic rings.